The van der Waals surface area contributed by atoms with Crippen LogP contribution in [0.3, 0.4) is 0 Å². The number of carbonyl (C=O) groups is 2. The average Bonchev–Trinajstić information content (AvgIpc) is 3.22. The Morgan fingerprint density at radius 2 is 1.88 bits per heavy atom. The van der Waals surface area contributed by atoms with Gasteiger partial charge in [-0.3, -0.25) is 9.59 Å². The quantitative estimate of drug-likeness (QED) is 0.592. The zero-order valence-electron chi connectivity index (χ0n) is 16.6. The maximum absolute atomic E-state index is 12.5. The number of hydrogen-bond acceptors (Lipinski definition) is 5. The van der Waals surface area contributed by atoms with Crippen molar-refractivity contribution < 1.29 is 27.8 Å². The fourth-order valence-electron chi connectivity index (χ4n) is 4.26. The van der Waals surface area contributed by atoms with Gasteiger partial charge in [0.2, 0.25) is 0 Å². The maximum atomic E-state index is 12.5. The van der Waals surface area contributed by atoms with Crippen molar-refractivity contribution in [1.82, 2.24) is 15.6 Å². The van der Waals surface area contributed by atoms with Gasteiger partial charge in [-0.1, -0.05) is 23.2 Å². The lowest BCUT2D eigenvalue weighted by Crippen LogP contribution is -2.52. The van der Waals surface area contributed by atoms with Gasteiger partial charge >= 0.3 is 6.61 Å². The Hall–Kier alpha value is -2.65. The number of nitrogens with zero attached hydrogens (tertiary/aromatic N) is 1. The first-order valence-electron chi connectivity index (χ1n) is 9.84. The van der Waals surface area contributed by atoms with E-state index in [0.29, 0.717) is 22.2 Å². The molecule has 2 N–H and O–H groups in total. The Balaban J connectivity index is 1.26. The Morgan fingerprint density at radius 1 is 1.12 bits per heavy atom. The number of halogens is 4. The summed E-state index contributed by atoms with van der Waals surface area (Å²) in [5.41, 5.74) is -0.309. The molecular formula is C21H19Cl2F2N3O4. The van der Waals surface area contributed by atoms with Crippen LogP contribution in [0, 0.1) is 5.92 Å². The summed E-state index contributed by atoms with van der Waals surface area (Å²) in [6.45, 7) is -3.13. The van der Waals surface area contributed by atoms with Gasteiger partial charge in [-0.25, -0.2) is 4.98 Å². The van der Waals surface area contributed by atoms with Crippen LogP contribution in [0.2, 0.25) is 10.0 Å². The summed E-state index contributed by atoms with van der Waals surface area (Å²) in [6, 6.07) is 7.27. The minimum Gasteiger partial charge on any atom is -0.484 e. The van der Waals surface area contributed by atoms with Crippen molar-refractivity contribution in [3.05, 3.63) is 52.3 Å². The Labute approximate surface area is 192 Å². The molecule has 3 fully saturated rings. The van der Waals surface area contributed by atoms with Gasteiger partial charge in [0.05, 0.1) is 16.2 Å². The molecule has 1 aromatic heterocycles. The van der Waals surface area contributed by atoms with E-state index >= 15 is 0 Å². The predicted octanol–water partition coefficient (Wildman–Crippen LogP) is 3.84. The smallest absolute Gasteiger partial charge is 0.387 e. The van der Waals surface area contributed by atoms with Gasteiger partial charge in [0.1, 0.15) is 17.2 Å². The minimum absolute atomic E-state index is 0.0741. The molecule has 0 spiro atoms. The van der Waals surface area contributed by atoms with Gasteiger partial charge < -0.3 is 20.1 Å². The van der Waals surface area contributed by atoms with Gasteiger partial charge in [-0.05, 0) is 49.4 Å². The van der Waals surface area contributed by atoms with Crippen LogP contribution >= 0.6 is 23.2 Å². The molecule has 1 atom stereocenters. The number of hydrogen-bond donors (Lipinski definition) is 2. The molecule has 0 aliphatic heterocycles. The number of pyridine rings is 1. The number of ether oxygens (including phenoxy) is 2. The molecule has 11 heteroatoms. The highest BCUT2D eigenvalue weighted by molar-refractivity contribution is 6.42. The molecule has 32 heavy (non-hydrogen) atoms. The molecule has 1 heterocycles. The maximum Gasteiger partial charge on any atom is 0.387 e. The standard InChI is InChI=1S/C21H19Cl2F2N3O4/c22-14-3-1-12(5-15(14)23)31-10-18(29)27-17-8-21(6-11(17)7-21)28-19(30)16-4-2-13(9-26-16)32-20(24)25/h1-5,9,11,17,20H,6-8,10H2,(H,27,29)(H,28,30). The number of benzene rings is 1. The molecule has 3 aliphatic carbocycles. The van der Waals surface area contributed by atoms with Crippen LogP contribution in [-0.4, -0.2) is 41.6 Å². The summed E-state index contributed by atoms with van der Waals surface area (Å²) in [5, 5.41) is 6.66. The molecule has 2 bridgehead atoms. The molecule has 5 rings (SSSR count). The van der Waals surface area contributed by atoms with E-state index < -0.39 is 18.1 Å². The van der Waals surface area contributed by atoms with Crippen LogP contribution in [0.1, 0.15) is 29.8 Å². The second-order valence-electron chi connectivity index (χ2n) is 7.90. The van der Waals surface area contributed by atoms with Gasteiger partial charge in [0, 0.05) is 17.6 Å². The zero-order valence-corrected chi connectivity index (χ0v) is 18.1. The second-order valence-corrected chi connectivity index (χ2v) is 8.72. The van der Waals surface area contributed by atoms with Crippen molar-refractivity contribution in [1.29, 1.82) is 0 Å². The van der Waals surface area contributed by atoms with E-state index in [0.717, 1.165) is 19.0 Å². The highest BCUT2D eigenvalue weighted by atomic mass is 35.5. The molecule has 3 aliphatic rings. The highest BCUT2D eigenvalue weighted by Crippen LogP contribution is 2.52. The number of rotatable bonds is 8. The molecule has 2 amide bonds. The predicted molar refractivity (Wildman–Crippen MR) is 112 cm³/mol. The first-order chi connectivity index (χ1) is 15.2. The minimum atomic E-state index is -2.96. The Bertz CT molecular complexity index is 1020. The molecular weight excluding hydrogens is 467 g/mol. The number of carbonyl (C=O) groups excluding carboxylic acids is 2. The highest BCUT2D eigenvalue weighted by Gasteiger charge is 2.57. The van der Waals surface area contributed by atoms with Crippen molar-refractivity contribution in [2.75, 3.05) is 6.61 Å². The average molecular weight is 486 g/mol. The summed E-state index contributed by atoms with van der Waals surface area (Å²) < 4.78 is 34.1. The first-order valence-corrected chi connectivity index (χ1v) is 10.6. The molecule has 0 saturated heterocycles. The molecule has 2 aromatic rings. The van der Waals surface area contributed by atoms with Crippen molar-refractivity contribution in [3.63, 3.8) is 0 Å². The van der Waals surface area contributed by atoms with Crippen LogP contribution < -0.4 is 20.1 Å². The van der Waals surface area contributed by atoms with E-state index in [1.807, 2.05) is 0 Å². The zero-order chi connectivity index (χ0) is 22.9. The Kier molecular flexibility index (Phi) is 6.39. The molecule has 170 valence electrons. The number of nitrogens with one attached hydrogen (secondary N) is 2. The van der Waals surface area contributed by atoms with Crippen LogP contribution in [0.25, 0.3) is 0 Å². The van der Waals surface area contributed by atoms with E-state index in [-0.39, 0.29) is 35.9 Å². The second kappa shape index (κ2) is 9.07. The summed E-state index contributed by atoms with van der Waals surface area (Å²) in [5.74, 6) is -0.0935. The molecule has 7 nitrogen and oxygen atoms in total. The summed E-state index contributed by atoms with van der Waals surface area (Å²) in [4.78, 5) is 28.7. The monoisotopic (exact) mass is 485 g/mol. The summed E-state index contributed by atoms with van der Waals surface area (Å²) in [7, 11) is 0. The van der Waals surface area contributed by atoms with E-state index in [1.54, 1.807) is 12.1 Å². The normalized spacial score (nSPS) is 23.4. The molecule has 1 aromatic carbocycles. The summed E-state index contributed by atoms with van der Waals surface area (Å²) in [6.07, 6.45) is 3.15. The van der Waals surface area contributed by atoms with Gasteiger partial charge in [-0.2, -0.15) is 8.78 Å². The fraction of sp³-hybridized carbons (Fsp3) is 0.381. The molecule has 0 radical (unpaired) electrons. The molecule has 3 saturated carbocycles. The number of amides is 2. The van der Waals surface area contributed by atoms with E-state index in [4.69, 9.17) is 27.9 Å². The van der Waals surface area contributed by atoms with Crippen molar-refractivity contribution in [2.24, 2.45) is 5.92 Å². The van der Waals surface area contributed by atoms with Crippen molar-refractivity contribution in [3.8, 4) is 11.5 Å². The topological polar surface area (TPSA) is 89.6 Å². The number of alkyl halides is 2. The lowest BCUT2D eigenvalue weighted by atomic mass is 9.76. The van der Waals surface area contributed by atoms with Crippen LogP contribution in [0.5, 0.6) is 11.5 Å². The van der Waals surface area contributed by atoms with Crippen molar-refractivity contribution in [2.45, 2.75) is 37.5 Å². The fourth-order valence-corrected chi connectivity index (χ4v) is 4.55. The van der Waals surface area contributed by atoms with Gasteiger partial charge in [0.15, 0.2) is 6.61 Å². The van der Waals surface area contributed by atoms with Gasteiger partial charge in [-0.15, -0.1) is 0 Å². The van der Waals surface area contributed by atoms with E-state index in [9.17, 15) is 18.4 Å². The third-order valence-corrected chi connectivity index (χ3v) is 6.40. The SMILES string of the molecule is O=C(COc1ccc(Cl)c(Cl)c1)NC1CC2(NC(=O)c3ccc(OC(F)F)cn3)CC1C2. The Morgan fingerprint density at radius 3 is 2.53 bits per heavy atom. The lowest BCUT2D eigenvalue weighted by molar-refractivity contribution is -0.124. The van der Waals surface area contributed by atoms with Crippen LogP contribution in [0.4, 0.5) is 8.78 Å². The van der Waals surface area contributed by atoms with Crippen LogP contribution in [0.15, 0.2) is 36.5 Å². The summed E-state index contributed by atoms with van der Waals surface area (Å²) >= 11 is 11.8. The number of fused-ring (bicyclic) bond motifs is 1. The van der Waals surface area contributed by atoms with E-state index in [2.05, 4.69) is 20.4 Å². The van der Waals surface area contributed by atoms with Gasteiger partial charge in [0.25, 0.3) is 11.8 Å². The molecule has 1 unspecified atom stereocenters. The third kappa shape index (κ3) is 5.05. The first kappa shape index (κ1) is 22.5. The largest absolute Gasteiger partial charge is 0.484 e. The lowest BCUT2D eigenvalue weighted by Gasteiger charge is -2.39. The third-order valence-electron chi connectivity index (χ3n) is 5.67. The van der Waals surface area contributed by atoms with Crippen molar-refractivity contribution >= 4 is 35.0 Å². The van der Waals surface area contributed by atoms with Crippen LogP contribution in [-0.2, 0) is 4.79 Å². The number of aromatic nitrogens is 1. The van der Waals surface area contributed by atoms with E-state index in [1.165, 1.54) is 18.2 Å².